The molecule has 0 aromatic heterocycles. The van der Waals surface area contributed by atoms with Gasteiger partial charge in [-0.15, -0.1) is 0 Å². The molecule has 7 heteroatoms. The maximum Gasteiger partial charge on any atom is 0.422 e. The number of hydrazine groups is 1. The van der Waals surface area contributed by atoms with Crippen molar-refractivity contribution in [3.05, 3.63) is 70.3 Å². The summed E-state index contributed by atoms with van der Waals surface area (Å²) in [6, 6.07) is 11.7. The van der Waals surface area contributed by atoms with Crippen LogP contribution < -0.4 is 5.43 Å². The van der Waals surface area contributed by atoms with Crippen LogP contribution in [0.2, 0.25) is 0 Å². The lowest BCUT2D eigenvalue weighted by molar-refractivity contribution is 0.0459. The van der Waals surface area contributed by atoms with Crippen LogP contribution in [-0.4, -0.2) is 47.0 Å². The van der Waals surface area contributed by atoms with Gasteiger partial charge in [0.25, 0.3) is 0 Å². The lowest BCUT2D eigenvalue weighted by Gasteiger charge is -2.29. The van der Waals surface area contributed by atoms with Gasteiger partial charge < -0.3 is 9.84 Å². The summed E-state index contributed by atoms with van der Waals surface area (Å²) in [6.45, 7) is 1.11. The summed E-state index contributed by atoms with van der Waals surface area (Å²) in [7, 11) is 0. The second kappa shape index (κ2) is 7.53. The largest absolute Gasteiger partial charge is 0.444 e. The van der Waals surface area contributed by atoms with Gasteiger partial charge in [-0.25, -0.2) is 9.80 Å². The van der Waals surface area contributed by atoms with Gasteiger partial charge in [-0.1, -0.05) is 30.3 Å². The Balaban J connectivity index is 1.42. The molecule has 1 amide bonds. The maximum absolute atomic E-state index is 12.7. The molecule has 1 heterocycles. The Hall–Kier alpha value is -3.03. The maximum atomic E-state index is 12.7. The van der Waals surface area contributed by atoms with Gasteiger partial charge >= 0.3 is 6.09 Å². The normalized spacial score (nSPS) is 17.0. The first-order valence-electron chi connectivity index (χ1n) is 9.20. The molecule has 2 N–H and O–H groups in total. The molecule has 2 aliphatic rings. The summed E-state index contributed by atoms with van der Waals surface area (Å²) in [6.07, 6.45) is 0.280. The molecule has 0 saturated carbocycles. The van der Waals surface area contributed by atoms with Crippen molar-refractivity contribution in [2.75, 3.05) is 13.1 Å². The number of fused-ring (bicyclic) bond motifs is 2. The molecule has 1 saturated heterocycles. The third kappa shape index (κ3) is 3.54. The van der Waals surface area contributed by atoms with Gasteiger partial charge in [0.2, 0.25) is 0 Å². The Bertz CT molecular complexity index is 948. The molecule has 2 aromatic rings. The van der Waals surface area contributed by atoms with E-state index in [0.717, 1.165) is 0 Å². The molecule has 0 atom stereocenters. The van der Waals surface area contributed by atoms with E-state index in [1.807, 2.05) is 0 Å². The average molecular weight is 380 g/mol. The zero-order chi connectivity index (χ0) is 19.7. The zero-order valence-corrected chi connectivity index (χ0v) is 15.2. The van der Waals surface area contributed by atoms with E-state index in [4.69, 9.17) is 4.74 Å². The van der Waals surface area contributed by atoms with Crippen molar-refractivity contribution in [1.82, 2.24) is 10.4 Å². The first-order valence-corrected chi connectivity index (χ1v) is 9.20. The van der Waals surface area contributed by atoms with Crippen LogP contribution in [0.15, 0.2) is 42.5 Å². The Morgan fingerprint density at radius 2 is 1.61 bits per heavy atom. The van der Waals surface area contributed by atoms with Crippen molar-refractivity contribution in [2.45, 2.75) is 25.6 Å². The van der Waals surface area contributed by atoms with Gasteiger partial charge in [-0.2, -0.15) is 0 Å². The van der Waals surface area contributed by atoms with E-state index in [-0.39, 0.29) is 24.3 Å². The lowest BCUT2D eigenvalue weighted by Crippen LogP contribution is -2.47. The monoisotopic (exact) mass is 380 g/mol. The number of aliphatic hydroxyl groups is 1. The van der Waals surface area contributed by atoms with E-state index in [2.05, 4.69) is 5.43 Å². The minimum Gasteiger partial charge on any atom is -0.444 e. The van der Waals surface area contributed by atoms with Crippen molar-refractivity contribution < 1.29 is 24.2 Å². The number of piperidine rings is 1. The highest BCUT2D eigenvalue weighted by molar-refractivity contribution is 6.28. The number of ketones is 2. The Labute approximate surface area is 161 Å². The molecule has 0 radical (unpaired) electrons. The van der Waals surface area contributed by atoms with E-state index < -0.39 is 6.09 Å². The van der Waals surface area contributed by atoms with Crippen LogP contribution in [0.5, 0.6) is 0 Å². The second-order valence-electron chi connectivity index (χ2n) is 6.99. The molecule has 1 aliphatic carbocycles. The smallest absolute Gasteiger partial charge is 0.422 e. The van der Waals surface area contributed by atoms with Crippen LogP contribution in [-0.2, 0) is 11.3 Å². The van der Waals surface area contributed by atoms with Gasteiger partial charge in [0.05, 0.1) is 6.10 Å². The first-order chi connectivity index (χ1) is 13.5. The molecule has 2 aromatic carbocycles. The number of carbonyl (C=O) groups excluding carboxylic acids is 3. The fourth-order valence-electron chi connectivity index (χ4n) is 3.52. The van der Waals surface area contributed by atoms with E-state index in [1.165, 1.54) is 0 Å². The number of carbonyl (C=O) groups is 3. The van der Waals surface area contributed by atoms with Crippen LogP contribution >= 0.6 is 0 Å². The zero-order valence-electron chi connectivity index (χ0n) is 15.2. The number of hydrogen-bond donors (Lipinski definition) is 2. The van der Waals surface area contributed by atoms with Gasteiger partial charge in [0, 0.05) is 35.3 Å². The molecular weight excluding hydrogens is 360 g/mol. The molecule has 144 valence electrons. The van der Waals surface area contributed by atoms with Crippen molar-refractivity contribution in [2.24, 2.45) is 0 Å². The highest BCUT2D eigenvalue weighted by atomic mass is 16.6. The van der Waals surface area contributed by atoms with Crippen LogP contribution in [0.4, 0.5) is 4.79 Å². The average Bonchev–Trinajstić information content (AvgIpc) is 2.72. The van der Waals surface area contributed by atoms with E-state index >= 15 is 0 Å². The van der Waals surface area contributed by atoms with Crippen LogP contribution in [0.1, 0.15) is 50.2 Å². The Morgan fingerprint density at radius 1 is 1.00 bits per heavy atom. The van der Waals surface area contributed by atoms with Gasteiger partial charge in [0.15, 0.2) is 11.6 Å². The predicted molar refractivity (Wildman–Crippen MR) is 99.9 cm³/mol. The summed E-state index contributed by atoms with van der Waals surface area (Å²) in [5.74, 6) is -0.383. The number of amides is 1. The number of benzene rings is 2. The predicted octanol–water partition coefficient (Wildman–Crippen LogP) is 2.06. The molecule has 4 rings (SSSR count). The van der Waals surface area contributed by atoms with Gasteiger partial charge in [0.1, 0.15) is 6.61 Å². The highest BCUT2D eigenvalue weighted by Gasteiger charge is 2.29. The number of nitrogens with one attached hydrogen (secondary N) is 1. The SMILES string of the molecule is O=C(NN1CCC(O)CC1)OCc1ccc2c(c1)C(=O)c1ccccc1C2=O. The number of nitrogens with zero attached hydrogens (tertiary/aromatic N) is 1. The molecule has 0 unspecified atom stereocenters. The summed E-state index contributed by atoms with van der Waals surface area (Å²) in [4.78, 5) is 37.3. The van der Waals surface area contributed by atoms with Crippen LogP contribution in [0, 0.1) is 0 Å². The standard InChI is InChI=1S/C21H20N2O5/c24-14-7-9-23(10-8-14)22-21(27)28-12-13-5-6-17-18(11-13)20(26)16-4-2-1-3-15(16)19(17)25/h1-6,11,14,24H,7-10,12H2,(H,22,27). The summed E-state index contributed by atoms with van der Waals surface area (Å²) < 4.78 is 5.23. The number of rotatable bonds is 3. The van der Waals surface area contributed by atoms with Crippen LogP contribution in [0.3, 0.4) is 0 Å². The summed E-state index contributed by atoms with van der Waals surface area (Å²) in [5, 5.41) is 11.2. The number of ether oxygens (including phenoxy) is 1. The fourth-order valence-corrected chi connectivity index (χ4v) is 3.52. The van der Waals surface area contributed by atoms with E-state index in [0.29, 0.717) is 53.7 Å². The van der Waals surface area contributed by atoms with Gasteiger partial charge in [-0.3, -0.25) is 15.0 Å². The first kappa shape index (κ1) is 18.3. The third-order valence-corrected chi connectivity index (χ3v) is 5.07. The highest BCUT2D eigenvalue weighted by Crippen LogP contribution is 2.28. The summed E-state index contributed by atoms with van der Waals surface area (Å²) in [5.41, 5.74) is 4.77. The third-order valence-electron chi connectivity index (χ3n) is 5.07. The lowest BCUT2D eigenvalue weighted by atomic mass is 9.83. The van der Waals surface area contributed by atoms with Gasteiger partial charge in [-0.05, 0) is 30.5 Å². The molecule has 0 spiro atoms. The minimum absolute atomic E-state index is 0.0152. The van der Waals surface area contributed by atoms with E-state index in [9.17, 15) is 19.5 Å². The fraction of sp³-hybridized carbons (Fsp3) is 0.286. The number of hydrogen-bond acceptors (Lipinski definition) is 6. The van der Waals surface area contributed by atoms with Crippen molar-refractivity contribution >= 4 is 17.7 Å². The second-order valence-corrected chi connectivity index (χ2v) is 6.99. The molecule has 1 aliphatic heterocycles. The molecule has 7 nitrogen and oxygen atoms in total. The molecular formula is C21H20N2O5. The molecule has 28 heavy (non-hydrogen) atoms. The Kier molecular flexibility index (Phi) is 4.93. The summed E-state index contributed by atoms with van der Waals surface area (Å²) >= 11 is 0. The molecule has 1 fully saturated rings. The van der Waals surface area contributed by atoms with Crippen LogP contribution in [0.25, 0.3) is 0 Å². The number of aliphatic hydroxyl groups excluding tert-OH is 1. The topological polar surface area (TPSA) is 95.9 Å². The van der Waals surface area contributed by atoms with Crippen molar-refractivity contribution in [1.29, 1.82) is 0 Å². The molecule has 0 bridgehead atoms. The minimum atomic E-state index is -0.596. The van der Waals surface area contributed by atoms with E-state index in [1.54, 1.807) is 47.5 Å². The quantitative estimate of drug-likeness (QED) is 0.722. The van der Waals surface area contributed by atoms with Crippen molar-refractivity contribution in [3.63, 3.8) is 0 Å². The Morgan fingerprint density at radius 3 is 2.29 bits per heavy atom. The van der Waals surface area contributed by atoms with Crippen molar-refractivity contribution in [3.8, 4) is 0 Å².